The van der Waals surface area contributed by atoms with Gasteiger partial charge in [0.05, 0.1) is 6.04 Å². The van der Waals surface area contributed by atoms with E-state index >= 15 is 0 Å². The average molecular weight is 331 g/mol. The van der Waals surface area contributed by atoms with Crippen molar-refractivity contribution in [3.05, 3.63) is 76.9 Å². The van der Waals surface area contributed by atoms with Crippen LogP contribution in [0.25, 0.3) is 6.08 Å². The molecule has 2 nitrogen and oxygen atoms in total. The molecule has 2 heteroatoms. The van der Waals surface area contributed by atoms with Crippen molar-refractivity contribution in [2.24, 2.45) is 0 Å². The Kier molecular flexibility index (Phi) is 4.80. The van der Waals surface area contributed by atoms with Crippen LogP contribution in [0, 0.1) is 0 Å². The van der Waals surface area contributed by atoms with Crippen molar-refractivity contribution in [3.8, 4) is 0 Å². The number of benzene rings is 2. The van der Waals surface area contributed by atoms with Gasteiger partial charge in [0.1, 0.15) is 0 Å². The van der Waals surface area contributed by atoms with Crippen molar-refractivity contribution in [2.75, 3.05) is 0 Å². The van der Waals surface area contributed by atoms with Gasteiger partial charge in [-0.2, -0.15) is 0 Å². The lowest BCUT2D eigenvalue weighted by Crippen LogP contribution is -2.32. The molecule has 2 aliphatic rings. The Bertz CT molecular complexity index is 770. The lowest BCUT2D eigenvalue weighted by atomic mass is 10.0. The van der Waals surface area contributed by atoms with Crippen molar-refractivity contribution in [2.45, 2.75) is 50.6 Å². The number of carbonyl (C=O) groups excluding carboxylic acids is 1. The van der Waals surface area contributed by atoms with Gasteiger partial charge in [-0.15, -0.1) is 0 Å². The van der Waals surface area contributed by atoms with Crippen LogP contribution < -0.4 is 5.32 Å². The maximum Gasteiger partial charge on any atom is 0.191 e. The molecule has 1 N–H and O–H groups in total. The highest BCUT2D eigenvalue weighted by Gasteiger charge is 2.35. The number of Topliss-reactive ketones (excluding diaryl/α,β-unsaturated/α-hetero) is 1. The minimum atomic E-state index is 0.0204. The number of fused-ring (bicyclic) bond motifs is 1. The van der Waals surface area contributed by atoms with E-state index in [1.807, 2.05) is 36.4 Å². The van der Waals surface area contributed by atoms with Crippen LogP contribution >= 0.6 is 0 Å². The first-order chi connectivity index (χ1) is 12.3. The summed E-state index contributed by atoms with van der Waals surface area (Å²) in [5.41, 5.74) is 3.97. The van der Waals surface area contributed by atoms with Gasteiger partial charge in [-0.25, -0.2) is 0 Å². The molecule has 0 amide bonds. The van der Waals surface area contributed by atoms with E-state index in [0.29, 0.717) is 6.04 Å². The standard InChI is InChI=1S/C23H25NO/c25-23-20-15-9-8-14-19(20)22(24-18-12-6-1-2-7-13-18)21(23)16-17-10-4-3-5-11-17/h3-5,8-11,14-16,18,22,24H,1-2,6-7,12-13H2. The summed E-state index contributed by atoms with van der Waals surface area (Å²) < 4.78 is 0. The molecule has 1 fully saturated rings. The number of hydrogen-bond donors (Lipinski definition) is 1. The molecule has 0 heterocycles. The molecule has 0 aromatic heterocycles. The highest BCUT2D eigenvalue weighted by Crippen LogP contribution is 2.37. The van der Waals surface area contributed by atoms with E-state index in [1.54, 1.807) is 0 Å². The highest BCUT2D eigenvalue weighted by molar-refractivity contribution is 6.16. The van der Waals surface area contributed by atoms with Crippen LogP contribution in [0.5, 0.6) is 0 Å². The van der Waals surface area contributed by atoms with Crippen LogP contribution in [0.1, 0.15) is 66.1 Å². The first-order valence-corrected chi connectivity index (χ1v) is 9.49. The zero-order valence-corrected chi connectivity index (χ0v) is 14.6. The molecule has 1 atom stereocenters. The Hall–Kier alpha value is -2.19. The van der Waals surface area contributed by atoms with E-state index in [-0.39, 0.29) is 11.8 Å². The van der Waals surface area contributed by atoms with Crippen molar-refractivity contribution in [1.82, 2.24) is 5.32 Å². The summed E-state index contributed by atoms with van der Waals surface area (Å²) in [6.07, 6.45) is 9.75. The van der Waals surface area contributed by atoms with Gasteiger partial charge in [0, 0.05) is 17.2 Å². The third kappa shape index (κ3) is 3.45. The SMILES string of the molecule is O=C1C(=Cc2ccccc2)C(NC2CCCCCC2)c2ccccc21. The summed E-state index contributed by atoms with van der Waals surface area (Å²) in [5.74, 6) is 0.172. The van der Waals surface area contributed by atoms with Crippen molar-refractivity contribution in [1.29, 1.82) is 0 Å². The highest BCUT2D eigenvalue weighted by atomic mass is 16.1. The minimum Gasteiger partial charge on any atom is -0.303 e. The molecule has 2 aliphatic carbocycles. The Labute approximate surface area is 150 Å². The molecule has 1 saturated carbocycles. The molecule has 0 aliphatic heterocycles. The van der Waals surface area contributed by atoms with Crippen molar-refractivity contribution in [3.63, 3.8) is 0 Å². The van der Waals surface area contributed by atoms with Crippen LogP contribution in [0.4, 0.5) is 0 Å². The molecule has 0 bridgehead atoms. The normalized spacial score (nSPS) is 22.8. The lowest BCUT2D eigenvalue weighted by molar-refractivity contribution is 0.103. The summed E-state index contributed by atoms with van der Waals surface area (Å²) in [6, 6.07) is 18.8. The third-order valence-corrected chi connectivity index (χ3v) is 5.47. The molecular formula is C23H25NO. The monoisotopic (exact) mass is 331 g/mol. The van der Waals surface area contributed by atoms with E-state index in [4.69, 9.17) is 0 Å². The quantitative estimate of drug-likeness (QED) is 0.609. The van der Waals surface area contributed by atoms with Crippen molar-refractivity contribution < 1.29 is 4.79 Å². The minimum absolute atomic E-state index is 0.0204. The zero-order valence-electron chi connectivity index (χ0n) is 14.6. The molecule has 2 aromatic rings. The second kappa shape index (κ2) is 7.37. The molecule has 0 saturated heterocycles. The Morgan fingerprint density at radius 3 is 2.28 bits per heavy atom. The maximum absolute atomic E-state index is 13.0. The Morgan fingerprint density at radius 1 is 0.840 bits per heavy atom. The zero-order chi connectivity index (χ0) is 17.1. The van der Waals surface area contributed by atoms with Gasteiger partial charge in [-0.05, 0) is 30.0 Å². The van der Waals surface area contributed by atoms with Crippen LogP contribution in [-0.2, 0) is 0 Å². The molecule has 0 radical (unpaired) electrons. The number of rotatable bonds is 3. The fourth-order valence-corrected chi connectivity index (χ4v) is 4.15. The van der Waals surface area contributed by atoms with Crippen LogP contribution in [0.2, 0.25) is 0 Å². The molecule has 0 spiro atoms. The first kappa shape index (κ1) is 16.3. The summed E-state index contributed by atoms with van der Waals surface area (Å²) in [7, 11) is 0. The molecular weight excluding hydrogens is 306 g/mol. The van der Waals surface area contributed by atoms with E-state index < -0.39 is 0 Å². The maximum atomic E-state index is 13.0. The molecule has 1 unspecified atom stereocenters. The Balaban J connectivity index is 1.68. The van der Waals surface area contributed by atoms with E-state index in [9.17, 15) is 4.79 Å². The van der Waals surface area contributed by atoms with Gasteiger partial charge < -0.3 is 5.32 Å². The Morgan fingerprint density at radius 2 is 1.52 bits per heavy atom. The topological polar surface area (TPSA) is 29.1 Å². The summed E-state index contributed by atoms with van der Waals surface area (Å²) >= 11 is 0. The second-order valence-electron chi connectivity index (χ2n) is 7.21. The van der Waals surface area contributed by atoms with Gasteiger partial charge >= 0.3 is 0 Å². The molecule has 25 heavy (non-hydrogen) atoms. The second-order valence-corrected chi connectivity index (χ2v) is 7.21. The fraction of sp³-hybridized carbons (Fsp3) is 0.348. The lowest BCUT2D eigenvalue weighted by Gasteiger charge is -2.23. The summed E-state index contributed by atoms with van der Waals surface area (Å²) in [4.78, 5) is 13.0. The van der Waals surface area contributed by atoms with Crippen molar-refractivity contribution >= 4 is 11.9 Å². The molecule has 2 aromatic carbocycles. The van der Waals surface area contributed by atoms with E-state index in [0.717, 1.165) is 22.3 Å². The van der Waals surface area contributed by atoms with E-state index in [2.05, 4.69) is 29.6 Å². The summed E-state index contributed by atoms with van der Waals surface area (Å²) in [5, 5.41) is 3.83. The first-order valence-electron chi connectivity index (χ1n) is 9.49. The predicted octanol–water partition coefficient (Wildman–Crippen LogP) is 5.32. The predicted molar refractivity (Wildman–Crippen MR) is 103 cm³/mol. The van der Waals surface area contributed by atoms with Gasteiger partial charge in [-0.3, -0.25) is 4.79 Å². The smallest absolute Gasteiger partial charge is 0.191 e. The van der Waals surface area contributed by atoms with Gasteiger partial charge in [0.2, 0.25) is 0 Å². The molecule has 4 rings (SSSR count). The molecule has 128 valence electrons. The average Bonchev–Trinajstić information content (AvgIpc) is 2.83. The number of hydrogen-bond acceptors (Lipinski definition) is 2. The third-order valence-electron chi connectivity index (χ3n) is 5.47. The van der Waals surface area contributed by atoms with Gasteiger partial charge in [-0.1, -0.05) is 80.3 Å². The summed E-state index contributed by atoms with van der Waals surface area (Å²) in [6.45, 7) is 0. The number of ketones is 1. The van der Waals surface area contributed by atoms with Crippen LogP contribution in [0.3, 0.4) is 0 Å². The van der Waals surface area contributed by atoms with Gasteiger partial charge in [0.25, 0.3) is 0 Å². The van der Waals surface area contributed by atoms with Gasteiger partial charge in [0.15, 0.2) is 5.78 Å². The number of carbonyl (C=O) groups is 1. The van der Waals surface area contributed by atoms with E-state index in [1.165, 1.54) is 38.5 Å². The largest absolute Gasteiger partial charge is 0.303 e. The fourth-order valence-electron chi connectivity index (χ4n) is 4.15. The van der Waals surface area contributed by atoms with Crippen LogP contribution in [0.15, 0.2) is 60.2 Å². The number of nitrogens with one attached hydrogen (secondary N) is 1. The van der Waals surface area contributed by atoms with Crippen LogP contribution in [-0.4, -0.2) is 11.8 Å².